The molecule has 2 rings (SSSR count). The summed E-state index contributed by atoms with van der Waals surface area (Å²) in [5.74, 6) is 0.0553. The van der Waals surface area contributed by atoms with Crippen LogP contribution in [0.5, 0.6) is 0 Å². The van der Waals surface area contributed by atoms with Crippen molar-refractivity contribution in [2.24, 2.45) is 0 Å². The fourth-order valence-corrected chi connectivity index (χ4v) is 2.79. The number of benzene rings is 1. The van der Waals surface area contributed by atoms with Gasteiger partial charge in [-0.2, -0.15) is 0 Å². The molecule has 1 aromatic carbocycles. The number of anilines is 1. The summed E-state index contributed by atoms with van der Waals surface area (Å²) in [5.41, 5.74) is 2.25. The second-order valence-electron chi connectivity index (χ2n) is 5.53. The Morgan fingerprint density at radius 3 is 2.77 bits per heavy atom. The van der Waals surface area contributed by atoms with Gasteiger partial charge in [0, 0.05) is 45.8 Å². The number of ether oxygens (including phenoxy) is 1. The van der Waals surface area contributed by atoms with E-state index in [9.17, 15) is 9.59 Å². The van der Waals surface area contributed by atoms with Gasteiger partial charge in [0.05, 0.1) is 6.61 Å². The summed E-state index contributed by atoms with van der Waals surface area (Å²) in [6, 6.07) is 8.05. The lowest BCUT2D eigenvalue weighted by Gasteiger charge is -2.30. The Kier molecular flexibility index (Phi) is 5.95. The van der Waals surface area contributed by atoms with Gasteiger partial charge < -0.3 is 14.5 Å². The van der Waals surface area contributed by atoms with Gasteiger partial charge in [-0.1, -0.05) is 18.2 Å². The number of nitrogens with zero attached hydrogens (tertiary/aromatic N) is 2. The van der Waals surface area contributed by atoms with E-state index < -0.39 is 0 Å². The Bertz CT molecular complexity index is 530. The van der Waals surface area contributed by atoms with Gasteiger partial charge in [0.2, 0.25) is 11.8 Å². The van der Waals surface area contributed by atoms with Crippen molar-refractivity contribution >= 4 is 17.5 Å². The van der Waals surface area contributed by atoms with Gasteiger partial charge in [-0.05, 0) is 24.5 Å². The Hall–Kier alpha value is -1.88. The number of aryl methyl sites for hydroxylation is 1. The third-order valence-electron chi connectivity index (χ3n) is 4.02. The second-order valence-corrected chi connectivity index (χ2v) is 5.53. The Morgan fingerprint density at radius 1 is 1.27 bits per heavy atom. The molecule has 0 fully saturated rings. The summed E-state index contributed by atoms with van der Waals surface area (Å²) in [6.45, 7) is 3.73. The molecule has 120 valence electrons. The summed E-state index contributed by atoms with van der Waals surface area (Å²) in [4.78, 5) is 27.6. The summed E-state index contributed by atoms with van der Waals surface area (Å²) < 4.78 is 5.00. The normalized spacial score (nSPS) is 13.6. The zero-order valence-corrected chi connectivity index (χ0v) is 13.4. The van der Waals surface area contributed by atoms with E-state index in [0.29, 0.717) is 26.1 Å². The number of carbonyl (C=O) groups is 2. The minimum Gasteiger partial charge on any atom is -0.383 e. The highest BCUT2D eigenvalue weighted by Gasteiger charge is 2.22. The van der Waals surface area contributed by atoms with Crippen molar-refractivity contribution in [1.82, 2.24) is 4.90 Å². The van der Waals surface area contributed by atoms with E-state index in [-0.39, 0.29) is 11.8 Å². The number of carbonyl (C=O) groups excluding carboxylic acids is 2. The van der Waals surface area contributed by atoms with Crippen LogP contribution in [0.1, 0.15) is 25.3 Å². The first-order valence-electron chi connectivity index (χ1n) is 7.76. The largest absolute Gasteiger partial charge is 0.383 e. The van der Waals surface area contributed by atoms with Crippen molar-refractivity contribution in [3.63, 3.8) is 0 Å². The quantitative estimate of drug-likeness (QED) is 0.806. The molecule has 0 bridgehead atoms. The van der Waals surface area contributed by atoms with Gasteiger partial charge in [-0.3, -0.25) is 9.59 Å². The maximum absolute atomic E-state index is 12.5. The first kappa shape index (κ1) is 16.5. The molecule has 0 saturated carbocycles. The highest BCUT2D eigenvalue weighted by molar-refractivity contribution is 5.94. The van der Waals surface area contributed by atoms with Crippen LogP contribution in [0.4, 0.5) is 5.69 Å². The number of rotatable bonds is 6. The lowest BCUT2D eigenvalue weighted by molar-refractivity contribution is -0.130. The van der Waals surface area contributed by atoms with Crippen LogP contribution in [0, 0.1) is 0 Å². The second kappa shape index (κ2) is 7.94. The molecule has 22 heavy (non-hydrogen) atoms. The lowest BCUT2D eigenvalue weighted by atomic mass is 10.0. The van der Waals surface area contributed by atoms with E-state index in [0.717, 1.165) is 25.1 Å². The summed E-state index contributed by atoms with van der Waals surface area (Å²) in [6.07, 6.45) is 2.36. The molecule has 0 atom stereocenters. The molecule has 1 aromatic rings. The molecule has 2 amide bonds. The van der Waals surface area contributed by atoms with Crippen molar-refractivity contribution < 1.29 is 14.3 Å². The van der Waals surface area contributed by atoms with E-state index in [4.69, 9.17) is 4.74 Å². The number of methoxy groups -OCH3 is 1. The smallest absolute Gasteiger partial charge is 0.228 e. The highest BCUT2D eigenvalue weighted by Crippen LogP contribution is 2.27. The van der Waals surface area contributed by atoms with E-state index in [1.807, 2.05) is 23.1 Å². The van der Waals surface area contributed by atoms with Gasteiger partial charge in [-0.25, -0.2) is 0 Å². The van der Waals surface area contributed by atoms with Crippen LogP contribution in [-0.4, -0.2) is 50.1 Å². The summed E-state index contributed by atoms with van der Waals surface area (Å²) in [7, 11) is 1.61. The average Bonchev–Trinajstić information content (AvgIpc) is 2.53. The molecular formula is C17H24N2O3. The van der Waals surface area contributed by atoms with Gasteiger partial charge in [-0.15, -0.1) is 0 Å². The van der Waals surface area contributed by atoms with Crippen LogP contribution in [0.2, 0.25) is 0 Å². The topological polar surface area (TPSA) is 49.9 Å². The third-order valence-corrected chi connectivity index (χ3v) is 4.02. The molecule has 0 radical (unpaired) electrons. The molecule has 5 heteroatoms. The molecule has 1 aliphatic heterocycles. The van der Waals surface area contributed by atoms with Crippen LogP contribution >= 0.6 is 0 Å². The molecule has 0 N–H and O–H groups in total. The van der Waals surface area contributed by atoms with Crippen LogP contribution in [0.15, 0.2) is 24.3 Å². The first-order valence-corrected chi connectivity index (χ1v) is 7.76. The maximum Gasteiger partial charge on any atom is 0.228 e. The monoisotopic (exact) mass is 304 g/mol. The fraction of sp³-hybridized carbons (Fsp3) is 0.529. The van der Waals surface area contributed by atoms with Crippen LogP contribution in [-0.2, 0) is 20.7 Å². The minimum atomic E-state index is -0.0242. The predicted octanol–water partition coefficient (Wildman–Crippen LogP) is 1.85. The number of hydrogen-bond acceptors (Lipinski definition) is 3. The zero-order valence-electron chi connectivity index (χ0n) is 13.4. The molecule has 0 aromatic heterocycles. The number of hydrogen-bond donors (Lipinski definition) is 0. The standard InChI is InChI=1S/C17H24N2O3/c1-14(20)18(12-13-22-2)11-9-17(21)19-10-5-7-15-6-3-4-8-16(15)19/h3-4,6,8H,5,7,9-13H2,1-2H3. The number of amides is 2. The van der Waals surface area contributed by atoms with Gasteiger partial charge in [0.15, 0.2) is 0 Å². The summed E-state index contributed by atoms with van der Waals surface area (Å²) >= 11 is 0. The molecule has 0 aliphatic carbocycles. The zero-order chi connectivity index (χ0) is 15.9. The minimum absolute atomic E-state index is 0.0242. The molecule has 1 heterocycles. The number of para-hydroxylation sites is 1. The van der Waals surface area contributed by atoms with E-state index in [2.05, 4.69) is 6.07 Å². The van der Waals surface area contributed by atoms with Crippen molar-refractivity contribution in [3.05, 3.63) is 29.8 Å². The maximum atomic E-state index is 12.5. The molecule has 0 unspecified atom stereocenters. The summed E-state index contributed by atoms with van der Waals surface area (Å²) in [5, 5.41) is 0. The first-order chi connectivity index (χ1) is 10.6. The molecule has 0 saturated heterocycles. The Labute approximate surface area is 131 Å². The fourth-order valence-electron chi connectivity index (χ4n) is 2.79. The van der Waals surface area contributed by atoms with E-state index >= 15 is 0 Å². The lowest BCUT2D eigenvalue weighted by Crippen LogP contribution is -2.39. The van der Waals surface area contributed by atoms with Crippen LogP contribution in [0.3, 0.4) is 0 Å². The predicted molar refractivity (Wildman–Crippen MR) is 85.9 cm³/mol. The van der Waals surface area contributed by atoms with E-state index in [1.165, 1.54) is 12.5 Å². The van der Waals surface area contributed by atoms with Crippen molar-refractivity contribution in [2.45, 2.75) is 26.2 Å². The third kappa shape index (κ3) is 4.07. The van der Waals surface area contributed by atoms with Gasteiger partial charge in [0.25, 0.3) is 0 Å². The molecule has 5 nitrogen and oxygen atoms in total. The SMILES string of the molecule is COCCN(CCC(=O)N1CCCc2ccccc21)C(C)=O. The highest BCUT2D eigenvalue weighted by atomic mass is 16.5. The number of fused-ring (bicyclic) bond motifs is 1. The van der Waals surface area contributed by atoms with Crippen molar-refractivity contribution in [2.75, 3.05) is 38.3 Å². The van der Waals surface area contributed by atoms with Gasteiger partial charge in [0.1, 0.15) is 0 Å². The average molecular weight is 304 g/mol. The molecule has 0 spiro atoms. The van der Waals surface area contributed by atoms with E-state index in [1.54, 1.807) is 12.0 Å². The molecular weight excluding hydrogens is 280 g/mol. The Morgan fingerprint density at radius 2 is 2.05 bits per heavy atom. The van der Waals surface area contributed by atoms with Gasteiger partial charge >= 0.3 is 0 Å². The molecule has 1 aliphatic rings. The van der Waals surface area contributed by atoms with Crippen LogP contribution in [0.25, 0.3) is 0 Å². The van der Waals surface area contributed by atoms with Crippen molar-refractivity contribution in [3.8, 4) is 0 Å². The Balaban J connectivity index is 1.96. The van der Waals surface area contributed by atoms with Crippen molar-refractivity contribution in [1.29, 1.82) is 0 Å². The van der Waals surface area contributed by atoms with Crippen LogP contribution < -0.4 is 4.90 Å².